The van der Waals surface area contributed by atoms with E-state index in [1.54, 1.807) is 23.5 Å². The fraction of sp³-hybridized carbons (Fsp3) is 0.133. The Balaban J connectivity index is 1.63. The zero-order valence-electron chi connectivity index (χ0n) is 11.7. The molecule has 0 spiro atoms. The number of hydrogen-bond donors (Lipinski definition) is 1. The number of aromatic nitrogens is 2. The fourth-order valence-corrected chi connectivity index (χ4v) is 2.58. The van der Waals surface area contributed by atoms with Gasteiger partial charge in [-0.15, -0.1) is 11.3 Å². The monoisotopic (exact) mass is 333 g/mol. The number of aryl methyl sites for hydroxylation is 1. The van der Waals surface area contributed by atoms with Crippen molar-refractivity contribution in [3.05, 3.63) is 57.3 Å². The van der Waals surface area contributed by atoms with Crippen molar-refractivity contribution < 1.29 is 9.21 Å². The van der Waals surface area contributed by atoms with E-state index in [2.05, 4.69) is 15.3 Å². The highest BCUT2D eigenvalue weighted by molar-refractivity contribution is 7.09. The van der Waals surface area contributed by atoms with Crippen molar-refractivity contribution in [2.75, 3.05) is 0 Å². The standard InChI is InChI=1S/C15H12ClN3O2S/c1-9-19-12(8-22-9)13-4-3-11(21-13)7-18-15(20)10-2-5-14(16)17-6-10/h2-6,8H,7H2,1H3,(H,18,20). The Morgan fingerprint density at radius 1 is 1.36 bits per heavy atom. The highest BCUT2D eigenvalue weighted by atomic mass is 35.5. The molecule has 0 aliphatic carbocycles. The summed E-state index contributed by atoms with van der Waals surface area (Å²) in [6.45, 7) is 2.24. The van der Waals surface area contributed by atoms with Crippen LogP contribution in [-0.4, -0.2) is 15.9 Å². The number of thiazole rings is 1. The van der Waals surface area contributed by atoms with Gasteiger partial charge in [0.25, 0.3) is 5.91 Å². The van der Waals surface area contributed by atoms with Crippen LogP contribution in [0.25, 0.3) is 11.5 Å². The summed E-state index contributed by atoms with van der Waals surface area (Å²) in [5.74, 6) is 1.13. The molecule has 7 heteroatoms. The second-order valence-electron chi connectivity index (χ2n) is 4.57. The highest BCUT2D eigenvalue weighted by Crippen LogP contribution is 2.23. The molecule has 0 atom stereocenters. The molecule has 3 aromatic heterocycles. The van der Waals surface area contributed by atoms with Gasteiger partial charge in [-0.2, -0.15) is 0 Å². The number of carbonyl (C=O) groups excluding carboxylic acids is 1. The van der Waals surface area contributed by atoms with E-state index in [0.717, 1.165) is 10.7 Å². The van der Waals surface area contributed by atoms with Crippen molar-refractivity contribution in [3.8, 4) is 11.5 Å². The lowest BCUT2D eigenvalue weighted by atomic mass is 10.2. The number of nitrogens with zero attached hydrogens (tertiary/aromatic N) is 2. The summed E-state index contributed by atoms with van der Waals surface area (Å²) in [5.41, 5.74) is 1.26. The van der Waals surface area contributed by atoms with Crippen LogP contribution in [0.5, 0.6) is 0 Å². The minimum atomic E-state index is -0.230. The molecule has 0 saturated heterocycles. The number of carbonyl (C=O) groups is 1. The van der Waals surface area contributed by atoms with Crippen LogP contribution in [0.4, 0.5) is 0 Å². The van der Waals surface area contributed by atoms with Gasteiger partial charge < -0.3 is 9.73 Å². The molecule has 3 aromatic rings. The average molecular weight is 334 g/mol. The number of rotatable bonds is 4. The average Bonchev–Trinajstić information content (AvgIpc) is 3.14. The van der Waals surface area contributed by atoms with E-state index in [4.69, 9.17) is 16.0 Å². The molecule has 1 amide bonds. The summed E-state index contributed by atoms with van der Waals surface area (Å²) in [7, 11) is 0. The van der Waals surface area contributed by atoms with Crippen molar-refractivity contribution in [3.63, 3.8) is 0 Å². The summed E-state index contributed by atoms with van der Waals surface area (Å²) < 4.78 is 5.68. The molecule has 0 radical (unpaired) electrons. The van der Waals surface area contributed by atoms with Gasteiger partial charge in [0.15, 0.2) is 5.76 Å². The zero-order valence-corrected chi connectivity index (χ0v) is 13.2. The van der Waals surface area contributed by atoms with Gasteiger partial charge in [-0.1, -0.05) is 11.6 Å². The molecule has 0 fully saturated rings. The maximum absolute atomic E-state index is 12.0. The Labute approximate surface area is 136 Å². The van der Waals surface area contributed by atoms with E-state index in [-0.39, 0.29) is 5.91 Å². The zero-order chi connectivity index (χ0) is 15.5. The van der Waals surface area contributed by atoms with Gasteiger partial charge in [-0.3, -0.25) is 4.79 Å². The van der Waals surface area contributed by atoms with Crippen LogP contribution in [0.1, 0.15) is 21.1 Å². The Hall–Kier alpha value is -2.18. The first kappa shape index (κ1) is 14.7. The van der Waals surface area contributed by atoms with Crippen LogP contribution in [0, 0.1) is 6.92 Å². The van der Waals surface area contributed by atoms with Crippen molar-refractivity contribution in [2.24, 2.45) is 0 Å². The predicted octanol–water partition coefficient (Wildman–Crippen LogP) is 3.69. The maximum Gasteiger partial charge on any atom is 0.253 e. The Morgan fingerprint density at radius 3 is 2.91 bits per heavy atom. The first-order chi connectivity index (χ1) is 10.6. The molecule has 0 aliphatic heterocycles. The van der Waals surface area contributed by atoms with Crippen LogP contribution in [-0.2, 0) is 6.54 Å². The summed E-state index contributed by atoms with van der Waals surface area (Å²) in [5, 5.41) is 6.05. The Morgan fingerprint density at radius 2 is 2.23 bits per heavy atom. The third-order valence-electron chi connectivity index (χ3n) is 2.95. The van der Waals surface area contributed by atoms with Gasteiger partial charge in [0, 0.05) is 11.6 Å². The van der Waals surface area contributed by atoms with Gasteiger partial charge >= 0.3 is 0 Å². The molecular formula is C15H12ClN3O2S. The molecule has 5 nitrogen and oxygen atoms in total. The molecule has 1 N–H and O–H groups in total. The lowest BCUT2D eigenvalue weighted by molar-refractivity contribution is 0.0948. The van der Waals surface area contributed by atoms with E-state index < -0.39 is 0 Å². The smallest absolute Gasteiger partial charge is 0.253 e. The van der Waals surface area contributed by atoms with Crippen LogP contribution in [0.3, 0.4) is 0 Å². The van der Waals surface area contributed by atoms with E-state index in [1.807, 2.05) is 24.4 Å². The number of amides is 1. The predicted molar refractivity (Wildman–Crippen MR) is 85.0 cm³/mol. The van der Waals surface area contributed by atoms with E-state index in [1.165, 1.54) is 6.20 Å². The Kier molecular flexibility index (Phi) is 4.22. The maximum atomic E-state index is 12.0. The van der Waals surface area contributed by atoms with Gasteiger partial charge in [0.1, 0.15) is 16.6 Å². The van der Waals surface area contributed by atoms with Crippen LogP contribution < -0.4 is 5.32 Å². The largest absolute Gasteiger partial charge is 0.458 e. The molecule has 0 unspecified atom stereocenters. The molecule has 0 bridgehead atoms. The summed E-state index contributed by atoms with van der Waals surface area (Å²) in [6.07, 6.45) is 1.43. The minimum Gasteiger partial charge on any atom is -0.458 e. The minimum absolute atomic E-state index is 0.230. The molecule has 0 aliphatic rings. The SMILES string of the molecule is Cc1nc(-c2ccc(CNC(=O)c3ccc(Cl)nc3)o2)cs1. The number of furan rings is 1. The van der Waals surface area contributed by atoms with Crippen LogP contribution in [0.2, 0.25) is 5.15 Å². The third kappa shape index (κ3) is 3.35. The molecule has 0 saturated carbocycles. The topological polar surface area (TPSA) is 68.0 Å². The van der Waals surface area contributed by atoms with Crippen LogP contribution >= 0.6 is 22.9 Å². The highest BCUT2D eigenvalue weighted by Gasteiger charge is 2.10. The molecule has 0 aromatic carbocycles. The number of hydrogen-bond acceptors (Lipinski definition) is 5. The van der Waals surface area contributed by atoms with E-state index in [9.17, 15) is 4.79 Å². The van der Waals surface area contributed by atoms with Gasteiger partial charge in [0.2, 0.25) is 0 Å². The van der Waals surface area contributed by atoms with E-state index in [0.29, 0.717) is 28.8 Å². The second-order valence-corrected chi connectivity index (χ2v) is 6.02. The van der Waals surface area contributed by atoms with Crippen LogP contribution in [0.15, 0.2) is 40.3 Å². The molecule has 22 heavy (non-hydrogen) atoms. The normalized spacial score (nSPS) is 10.6. The fourth-order valence-electron chi connectivity index (χ4n) is 1.87. The van der Waals surface area contributed by atoms with Crippen molar-refractivity contribution in [1.29, 1.82) is 0 Å². The number of halogens is 1. The molecule has 112 valence electrons. The lowest BCUT2D eigenvalue weighted by Gasteiger charge is -2.02. The molecular weight excluding hydrogens is 322 g/mol. The van der Waals surface area contributed by atoms with Crippen molar-refractivity contribution in [2.45, 2.75) is 13.5 Å². The first-order valence-corrected chi connectivity index (χ1v) is 7.78. The number of pyridine rings is 1. The number of nitrogens with one attached hydrogen (secondary N) is 1. The molecule has 3 rings (SSSR count). The van der Waals surface area contributed by atoms with Gasteiger partial charge in [-0.25, -0.2) is 9.97 Å². The molecule has 3 heterocycles. The summed E-state index contributed by atoms with van der Waals surface area (Å²) in [4.78, 5) is 20.2. The summed E-state index contributed by atoms with van der Waals surface area (Å²) in [6, 6.07) is 6.87. The quantitative estimate of drug-likeness (QED) is 0.739. The second kappa shape index (κ2) is 6.29. The van der Waals surface area contributed by atoms with E-state index >= 15 is 0 Å². The van der Waals surface area contributed by atoms with Crippen molar-refractivity contribution >= 4 is 28.8 Å². The summed E-state index contributed by atoms with van der Waals surface area (Å²) >= 11 is 7.26. The van der Waals surface area contributed by atoms with Gasteiger partial charge in [0.05, 0.1) is 17.1 Å². The third-order valence-corrected chi connectivity index (χ3v) is 3.94. The van der Waals surface area contributed by atoms with Gasteiger partial charge in [-0.05, 0) is 31.2 Å². The van der Waals surface area contributed by atoms with Crippen molar-refractivity contribution in [1.82, 2.24) is 15.3 Å². The lowest BCUT2D eigenvalue weighted by Crippen LogP contribution is -2.22. The Bertz CT molecular complexity index is 795. The first-order valence-electron chi connectivity index (χ1n) is 6.53.